The fourth-order valence-electron chi connectivity index (χ4n) is 2.65. The molecule has 13 heteroatoms. The molecule has 0 spiro atoms. The summed E-state index contributed by atoms with van der Waals surface area (Å²) in [6.07, 6.45) is 7.45. The fourth-order valence-corrected chi connectivity index (χ4v) is 3.61. The smallest absolute Gasteiger partial charge is 0.326 e. The molecule has 4 unspecified atom stereocenters. The summed E-state index contributed by atoms with van der Waals surface area (Å²) in [5.41, 5.74) is 6.37. The zero-order chi connectivity index (χ0) is 24.1. The van der Waals surface area contributed by atoms with Crippen LogP contribution in [0.4, 0.5) is 0 Å². The minimum Gasteiger partial charge on any atom is -0.480 e. The van der Waals surface area contributed by atoms with Gasteiger partial charge in [0, 0.05) is 18.3 Å². The van der Waals surface area contributed by atoms with Gasteiger partial charge in [-0.05, 0) is 43.8 Å². The molecule has 180 valence electrons. The summed E-state index contributed by atoms with van der Waals surface area (Å²) in [5.74, 6) is -1.54. The van der Waals surface area contributed by atoms with Gasteiger partial charge in [0.25, 0.3) is 0 Å². The summed E-state index contributed by atoms with van der Waals surface area (Å²) in [7, 11) is 0. The Labute approximate surface area is 195 Å². The number of aliphatic carboxylic acids is 1. The fraction of sp³-hybridized carbons (Fsp3) is 0.632. The van der Waals surface area contributed by atoms with Gasteiger partial charge in [-0.3, -0.25) is 14.4 Å². The zero-order valence-corrected chi connectivity index (χ0v) is 20.1. The van der Waals surface area contributed by atoms with Gasteiger partial charge in [-0.15, -0.1) is 0 Å². The van der Waals surface area contributed by atoms with Crippen molar-refractivity contribution in [1.29, 1.82) is 0 Å². The zero-order valence-electron chi connectivity index (χ0n) is 18.4. The molecule has 0 aliphatic carbocycles. The molecule has 1 rings (SSSR count). The Balaban J connectivity index is 2.74. The molecule has 0 aliphatic heterocycles. The van der Waals surface area contributed by atoms with Crippen molar-refractivity contribution in [1.82, 2.24) is 25.9 Å². The summed E-state index contributed by atoms with van der Waals surface area (Å²) in [6.45, 7) is 1.50. The second-order valence-corrected chi connectivity index (χ2v) is 9.11. The normalized spacial score (nSPS) is 14.6. The van der Waals surface area contributed by atoms with Gasteiger partial charge in [-0.25, -0.2) is 9.78 Å². The van der Waals surface area contributed by atoms with E-state index in [4.69, 9.17) is 5.73 Å². The van der Waals surface area contributed by atoms with E-state index in [0.29, 0.717) is 24.3 Å². The molecular weight excluding hydrogens is 456 g/mol. The number of thioether (sulfide) groups is 2. The Morgan fingerprint density at radius 3 is 2.22 bits per heavy atom. The highest BCUT2D eigenvalue weighted by molar-refractivity contribution is 7.98. The van der Waals surface area contributed by atoms with Gasteiger partial charge in [0.2, 0.25) is 17.7 Å². The van der Waals surface area contributed by atoms with Crippen molar-refractivity contribution >= 4 is 47.2 Å². The number of aromatic amines is 1. The van der Waals surface area contributed by atoms with Crippen LogP contribution in [0.25, 0.3) is 0 Å². The van der Waals surface area contributed by atoms with Crippen molar-refractivity contribution in [2.24, 2.45) is 5.73 Å². The quantitative estimate of drug-likeness (QED) is 0.187. The number of imidazole rings is 1. The predicted molar refractivity (Wildman–Crippen MR) is 125 cm³/mol. The average molecular weight is 489 g/mol. The number of nitrogens with two attached hydrogens (primary N) is 1. The highest BCUT2D eigenvalue weighted by atomic mass is 32.2. The Kier molecular flexibility index (Phi) is 12.8. The Bertz CT molecular complexity index is 749. The first-order valence-electron chi connectivity index (χ1n) is 10.0. The number of carboxylic acids is 1. The minimum atomic E-state index is -1.21. The van der Waals surface area contributed by atoms with Crippen LogP contribution in [-0.2, 0) is 25.6 Å². The van der Waals surface area contributed by atoms with Gasteiger partial charge >= 0.3 is 5.97 Å². The number of aromatic nitrogens is 2. The van der Waals surface area contributed by atoms with Crippen molar-refractivity contribution in [3.05, 3.63) is 18.2 Å². The SMILES string of the molecule is CSCCC(N)C(=O)NC(C)C(=O)NC(CCSC)C(=O)NC(Cc1cnc[nH]1)C(=O)O. The molecule has 11 nitrogen and oxygen atoms in total. The molecule has 0 saturated heterocycles. The van der Waals surface area contributed by atoms with E-state index in [1.807, 2.05) is 12.5 Å². The van der Waals surface area contributed by atoms with Crippen LogP contribution in [-0.4, -0.2) is 86.9 Å². The molecule has 0 aliphatic rings. The van der Waals surface area contributed by atoms with Gasteiger partial charge in [-0.1, -0.05) is 0 Å². The van der Waals surface area contributed by atoms with E-state index in [0.717, 1.165) is 5.75 Å². The number of rotatable bonds is 15. The lowest BCUT2D eigenvalue weighted by Crippen LogP contribution is -2.56. The molecular formula is C19H32N6O5S2. The van der Waals surface area contributed by atoms with Crippen LogP contribution >= 0.6 is 23.5 Å². The van der Waals surface area contributed by atoms with E-state index in [9.17, 15) is 24.3 Å². The van der Waals surface area contributed by atoms with Crippen LogP contribution < -0.4 is 21.7 Å². The monoisotopic (exact) mass is 488 g/mol. The Morgan fingerprint density at radius 1 is 1.03 bits per heavy atom. The maximum absolute atomic E-state index is 12.8. The van der Waals surface area contributed by atoms with Crippen LogP contribution in [0.1, 0.15) is 25.5 Å². The predicted octanol–water partition coefficient (Wildman–Crippen LogP) is -0.655. The van der Waals surface area contributed by atoms with E-state index >= 15 is 0 Å². The molecule has 0 aromatic carbocycles. The Morgan fingerprint density at radius 2 is 1.66 bits per heavy atom. The van der Waals surface area contributed by atoms with E-state index < -0.39 is 47.9 Å². The third-order valence-electron chi connectivity index (χ3n) is 4.56. The van der Waals surface area contributed by atoms with E-state index in [1.54, 1.807) is 11.8 Å². The molecule has 0 fully saturated rings. The molecule has 32 heavy (non-hydrogen) atoms. The number of nitrogens with one attached hydrogen (secondary N) is 4. The first-order valence-corrected chi connectivity index (χ1v) is 12.8. The summed E-state index contributed by atoms with van der Waals surface area (Å²) in [6, 6.07) is -3.79. The molecule has 0 saturated carbocycles. The van der Waals surface area contributed by atoms with Gasteiger partial charge in [0.05, 0.1) is 12.4 Å². The molecule has 0 radical (unpaired) electrons. The maximum Gasteiger partial charge on any atom is 0.326 e. The first-order chi connectivity index (χ1) is 15.2. The molecule has 1 heterocycles. The third kappa shape index (κ3) is 9.92. The van der Waals surface area contributed by atoms with Gasteiger partial charge in [0.15, 0.2) is 0 Å². The number of carbonyl (C=O) groups is 4. The lowest BCUT2D eigenvalue weighted by Gasteiger charge is -2.23. The largest absolute Gasteiger partial charge is 0.480 e. The summed E-state index contributed by atoms with van der Waals surface area (Å²) in [4.78, 5) is 55.7. The van der Waals surface area contributed by atoms with Crippen LogP contribution in [0.2, 0.25) is 0 Å². The molecule has 3 amide bonds. The van der Waals surface area contributed by atoms with Crippen LogP contribution in [0, 0.1) is 0 Å². The first kappa shape index (κ1) is 27.8. The lowest BCUT2D eigenvalue weighted by atomic mass is 10.1. The number of hydrogen-bond acceptors (Lipinski definition) is 8. The molecule has 4 atom stereocenters. The summed E-state index contributed by atoms with van der Waals surface area (Å²) < 4.78 is 0. The molecule has 1 aromatic heterocycles. The van der Waals surface area contributed by atoms with Crippen molar-refractivity contribution in [2.45, 2.75) is 50.4 Å². The molecule has 0 bridgehead atoms. The second kappa shape index (κ2) is 14.7. The van der Waals surface area contributed by atoms with Crippen molar-refractivity contribution in [2.75, 3.05) is 24.0 Å². The van der Waals surface area contributed by atoms with Crippen LogP contribution in [0.3, 0.4) is 0 Å². The van der Waals surface area contributed by atoms with Crippen molar-refractivity contribution < 1.29 is 24.3 Å². The molecule has 1 aromatic rings. The summed E-state index contributed by atoms with van der Waals surface area (Å²) >= 11 is 3.05. The van der Waals surface area contributed by atoms with E-state index in [2.05, 4.69) is 25.9 Å². The van der Waals surface area contributed by atoms with E-state index in [-0.39, 0.29) is 6.42 Å². The summed E-state index contributed by atoms with van der Waals surface area (Å²) in [5, 5.41) is 17.1. The minimum absolute atomic E-state index is 0.0185. The Hall–Kier alpha value is -2.25. The van der Waals surface area contributed by atoms with Crippen LogP contribution in [0.5, 0.6) is 0 Å². The average Bonchev–Trinajstić information content (AvgIpc) is 3.26. The number of H-pyrrole nitrogens is 1. The molecule has 7 N–H and O–H groups in total. The van der Waals surface area contributed by atoms with Gasteiger partial charge in [-0.2, -0.15) is 23.5 Å². The topological polar surface area (TPSA) is 179 Å². The number of nitrogens with zero attached hydrogens (tertiary/aromatic N) is 1. The number of carbonyl (C=O) groups excluding carboxylic acids is 3. The van der Waals surface area contributed by atoms with Crippen molar-refractivity contribution in [3.63, 3.8) is 0 Å². The highest BCUT2D eigenvalue weighted by Crippen LogP contribution is 2.05. The number of amides is 3. The van der Waals surface area contributed by atoms with Crippen molar-refractivity contribution in [3.8, 4) is 0 Å². The van der Waals surface area contributed by atoms with E-state index in [1.165, 1.54) is 31.2 Å². The third-order valence-corrected chi connectivity index (χ3v) is 5.85. The van der Waals surface area contributed by atoms with Crippen LogP contribution in [0.15, 0.2) is 12.5 Å². The highest BCUT2D eigenvalue weighted by Gasteiger charge is 2.29. The van der Waals surface area contributed by atoms with Gasteiger partial charge in [0.1, 0.15) is 18.1 Å². The maximum atomic E-state index is 12.8. The van der Waals surface area contributed by atoms with Gasteiger partial charge < -0.3 is 31.8 Å². The lowest BCUT2D eigenvalue weighted by molar-refractivity contribution is -0.142. The number of hydrogen-bond donors (Lipinski definition) is 6. The standard InChI is InChI=1S/C19H32N6O5S2/c1-11(23-17(27)13(20)4-6-31-2)16(26)24-14(5-7-32-3)18(28)25-15(19(29)30)8-12-9-21-10-22-12/h9-11,13-15H,4-8,20H2,1-3H3,(H,21,22)(H,23,27)(H,24,26)(H,25,28)(H,29,30). The second-order valence-electron chi connectivity index (χ2n) is 7.14. The number of carboxylic acid groups (broad SMARTS) is 1.